The summed E-state index contributed by atoms with van der Waals surface area (Å²) in [6.07, 6.45) is 0. The molecular weight excluding hydrogens is 396 g/mol. The first kappa shape index (κ1) is 20.2. The highest BCUT2D eigenvalue weighted by Gasteiger charge is 2.13. The van der Waals surface area contributed by atoms with Crippen LogP contribution in [0.15, 0.2) is 40.6 Å². The molecule has 0 aliphatic heterocycles. The predicted molar refractivity (Wildman–Crippen MR) is 110 cm³/mol. The van der Waals surface area contributed by atoms with E-state index >= 15 is 0 Å². The standard InChI is InChI=1S/C18H20N6O2S2/c1-11-8-12(2)20-17(19-11)27-9-15-22-23-18(24(15)3)28-10-16(26)21-13-6-4-5-7-14(13)25/h4-8,25H,9-10H2,1-3H3,(H,21,26). The lowest BCUT2D eigenvalue weighted by Gasteiger charge is -2.07. The average Bonchev–Trinajstić information content (AvgIpc) is 2.99. The molecule has 2 aromatic heterocycles. The maximum atomic E-state index is 12.1. The Balaban J connectivity index is 1.55. The van der Waals surface area contributed by atoms with Gasteiger partial charge in [-0.15, -0.1) is 10.2 Å². The molecule has 0 spiro atoms. The molecule has 3 rings (SSSR count). The minimum Gasteiger partial charge on any atom is -0.506 e. The number of para-hydroxylation sites is 2. The third-order valence-electron chi connectivity index (χ3n) is 3.73. The lowest BCUT2D eigenvalue weighted by atomic mass is 10.3. The second-order valence-electron chi connectivity index (χ2n) is 6.03. The molecule has 146 valence electrons. The van der Waals surface area contributed by atoms with Gasteiger partial charge < -0.3 is 15.0 Å². The van der Waals surface area contributed by atoms with E-state index in [1.54, 1.807) is 18.2 Å². The molecule has 10 heteroatoms. The summed E-state index contributed by atoms with van der Waals surface area (Å²) in [7, 11) is 1.86. The molecule has 0 aliphatic rings. The summed E-state index contributed by atoms with van der Waals surface area (Å²) in [6.45, 7) is 3.88. The molecule has 0 saturated carbocycles. The number of aromatic nitrogens is 5. The van der Waals surface area contributed by atoms with Gasteiger partial charge in [-0.05, 0) is 32.0 Å². The molecule has 0 atom stereocenters. The fourth-order valence-corrected chi connectivity index (χ4v) is 4.04. The van der Waals surface area contributed by atoms with Crippen LogP contribution in [-0.2, 0) is 17.6 Å². The summed E-state index contributed by atoms with van der Waals surface area (Å²) >= 11 is 2.78. The molecule has 28 heavy (non-hydrogen) atoms. The van der Waals surface area contributed by atoms with Crippen molar-refractivity contribution in [3.63, 3.8) is 0 Å². The average molecular weight is 417 g/mol. The Morgan fingerprint density at radius 2 is 1.86 bits per heavy atom. The number of benzene rings is 1. The number of rotatable bonds is 7. The number of hydrogen-bond donors (Lipinski definition) is 2. The molecule has 0 aliphatic carbocycles. The Morgan fingerprint density at radius 1 is 1.14 bits per heavy atom. The van der Waals surface area contributed by atoms with Gasteiger partial charge in [0.1, 0.15) is 11.6 Å². The second-order valence-corrected chi connectivity index (χ2v) is 7.92. The smallest absolute Gasteiger partial charge is 0.234 e. The van der Waals surface area contributed by atoms with Gasteiger partial charge in [0.2, 0.25) is 5.91 Å². The zero-order valence-electron chi connectivity index (χ0n) is 15.7. The van der Waals surface area contributed by atoms with Gasteiger partial charge >= 0.3 is 0 Å². The molecule has 0 fully saturated rings. The van der Waals surface area contributed by atoms with Gasteiger partial charge in [-0.2, -0.15) is 0 Å². The van der Waals surface area contributed by atoms with Crippen LogP contribution >= 0.6 is 23.5 Å². The molecular formula is C18H20N6O2S2. The monoisotopic (exact) mass is 416 g/mol. The maximum Gasteiger partial charge on any atom is 0.234 e. The second kappa shape index (κ2) is 9.07. The number of carbonyl (C=O) groups excluding carboxylic acids is 1. The van der Waals surface area contributed by atoms with Gasteiger partial charge in [-0.25, -0.2) is 9.97 Å². The van der Waals surface area contributed by atoms with Crippen molar-refractivity contribution >= 4 is 35.1 Å². The summed E-state index contributed by atoms with van der Waals surface area (Å²) < 4.78 is 1.85. The quantitative estimate of drug-likeness (QED) is 0.344. The molecule has 8 nitrogen and oxygen atoms in total. The predicted octanol–water partition coefficient (Wildman–Crippen LogP) is 2.95. The molecule has 3 aromatic rings. The Bertz CT molecular complexity index is 972. The number of thioether (sulfide) groups is 2. The third-order valence-corrected chi connectivity index (χ3v) is 5.59. The van der Waals surface area contributed by atoms with Crippen molar-refractivity contribution in [1.82, 2.24) is 24.7 Å². The van der Waals surface area contributed by atoms with Crippen LogP contribution in [0, 0.1) is 13.8 Å². The van der Waals surface area contributed by atoms with E-state index in [1.165, 1.54) is 29.6 Å². The van der Waals surface area contributed by atoms with Crippen molar-refractivity contribution in [2.75, 3.05) is 11.1 Å². The lowest BCUT2D eigenvalue weighted by Crippen LogP contribution is -2.14. The number of nitrogens with one attached hydrogen (secondary N) is 1. The topological polar surface area (TPSA) is 106 Å². The van der Waals surface area contributed by atoms with E-state index in [-0.39, 0.29) is 17.4 Å². The lowest BCUT2D eigenvalue weighted by molar-refractivity contribution is -0.113. The number of nitrogens with zero attached hydrogens (tertiary/aromatic N) is 5. The summed E-state index contributed by atoms with van der Waals surface area (Å²) in [5.41, 5.74) is 2.25. The van der Waals surface area contributed by atoms with Gasteiger partial charge in [-0.1, -0.05) is 35.7 Å². The van der Waals surface area contributed by atoms with E-state index in [1.807, 2.05) is 31.5 Å². The van der Waals surface area contributed by atoms with E-state index in [0.717, 1.165) is 17.2 Å². The molecule has 2 heterocycles. The maximum absolute atomic E-state index is 12.1. The van der Waals surface area contributed by atoms with Crippen molar-refractivity contribution in [3.05, 3.63) is 47.5 Å². The van der Waals surface area contributed by atoms with Crippen molar-refractivity contribution in [1.29, 1.82) is 0 Å². The van der Waals surface area contributed by atoms with Crippen molar-refractivity contribution < 1.29 is 9.90 Å². The Morgan fingerprint density at radius 3 is 2.57 bits per heavy atom. The van der Waals surface area contributed by atoms with Crippen LogP contribution in [0.4, 0.5) is 5.69 Å². The molecule has 2 N–H and O–H groups in total. The number of phenols is 1. The molecule has 1 amide bonds. The van der Waals surface area contributed by atoms with Crippen LogP contribution in [0.1, 0.15) is 17.2 Å². The molecule has 0 saturated heterocycles. The number of aryl methyl sites for hydroxylation is 2. The van der Waals surface area contributed by atoms with Crippen molar-refractivity contribution in [2.24, 2.45) is 7.05 Å². The largest absolute Gasteiger partial charge is 0.506 e. The zero-order chi connectivity index (χ0) is 20.1. The van der Waals surface area contributed by atoms with Crippen LogP contribution < -0.4 is 5.32 Å². The third kappa shape index (κ3) is 5.23. The number of aromatic hydroxyl groups is 1. The van der Waals surface area contributed by atoms with Gasteiger partial charge in [0.05, 0.1) is 17.2 Å². The number of amides is 1. The van der Waals surface area contributed by atoms with Crippen LogP contribution in [-0.4, -0.2) is 41.5 Å². The molecule has 0 radical (unpaired) electrons. The number of hydrogen-bond acceptors (Lipinski definition) is 8. The van der Waals surface area contributed by atoms with E-state index in [9.17, 15) is 9.90 Å². The van der Waals surface area contributed by atoms with E-state index < -0.39 is 0 Å². The SMILES string of the molecule is Cc1cc(C)nc(SCc2nnc(SCC(=O)Nc3ccccc3O)n2C)n1. The van der Waals surface area contributed by atoms with Crippen LogP contribution in [0.25, 0.3) is 0 Å². The Labute approximate surface area is 171 Å². The van der Waals surface area contributed by atoms with Gasteiger partial charge in [0, 0.05) is 18.4 Å². The molecule has 0 bridgehead atoms. The first-order chi connectivity index (χ1) is 13.4. The number of phenolic OH excluding ortho intramolecular Hbond substituents is 1. The highest BCUT2D eigenvalue weighted by atomic mass is 32.2. The Hall–Kier alpha value is -2.59. The van der Waals surface area contributed by atoms with Gasteiger partial charge in [0.25, 0.3) is 0 Å². The fraction of sp³-hybridized carbons (Fsp3) is 0.278. The zero-order valence-corrected chi connectivity index (χ0v) is 17.3. The van der Waals surface area contributed by atoms with Crippen LogP contribution in [0.5, 0.6) is 5.75 Å². The van der Waals surface area contributed by atoms with Crippen molar-refractivity contribution in [2.45, 2.75) is 29.9 Å². The fourth-order valence-electron chi connectivity index (χ4n) is 2.38. The van der Waals surface area contributed by atoms with Crippen molar-refractivity contribution in [3.8, 4) is 5.75 Å². The first-order valence-corrected chi connectivity index (χ1v) is 10.4. The molecule has 1 aromatic carbocycles. The van der Waals surface area contributed by atoms with E-state index in [4.69, 9.17) is 0 Å². The summed E-state index contributed by atoms with van der Waals surface area (Å²) in [6, 6.07) is 8.54. The highest BCUT2D eigenvalue weighted by Crippen LogP contribution is 2.24. The summed E-state index contributed by atoms with van der Waals surface area (Å²) in [5, 5.41) is 22.1. The van der Waals surface area contributed by atoms with Crippen LogP contribution in [0.2, 0.25) is 0 Å². The van der Waals surface area contributed by atoms with Crippen LogP contribution in [0.3, 0.4) is 0 Å². The van der Waals surface area contributed by atoms with E-state index in [2.05, 4.69) is 25.5 Å². The minimum atomic E-state index is -0.228. The minimum absolute atomic E-state index is 0.0347. The first-order valence-electron chi connectivity index (χ1n) is 8.46. The number of carbonyl (C=O) groups is 1. The van der Waals surface area contributed by atoms with Gasteiger partial charge in [0.15, 0.2) is 10.3 Å². The number of anilines is 1. The Kier molecular flexibility index (Phi) is 6.53. The highest BCUT2D eigenvalue weighted by molar-refractivity contribution is 7.99. The molecule has 0 unspecified atom stereocenters. The normalized spacial score (nSPS) is 10.8. The summed E-state index contributed by atoms with van der Waals surface area (Å²) in [5.74, 6) is 1.32. The summed E-state index contributed by atoms with van der Waals surface area (Å²) in [4.78, 5) is 20.9. The van der Waals surface area contributed by atoms with E-state index in [0.29, 0.717) is 21.8 Å². The van der Waals surface area contributed by atoms with Gasteiger partial charge in [-0.3, -0.25) is 4.79 Å².